The Kier molecular flexibility index (Phi) is 20.4. The predicted octanol–water partition coefficient (Wildman–Crippen LogP) is 13.5. The number of unbranched alkanes of at least 4 members (excludes halogenated alkanes) is 17. The van der Waals surface area contributed by atoms with Gasteiger partial charge in [0.15, 0.2) is 0 Å². The van der Waals surface area contributed by atoms with Gasteiger partial charge in [-0.15, -0.1) is 0 Å². The zero-order valence-electron chi connectivity index (χ0n) is 30.5. The molecule has 4 nitrogen and oxygen atoms in total. The van der Waals surface area contributed by atoms with Crippen LogP contribution in [0, 0.1) is 0 Å². The molecule has 0 amide bonds. The Bertz CT molecular complexity index is 1220. The highest BCUT2D eigenvalue weighted by Crippen LogP contribution is 2.25. The van der Waals surface area contributed by atoms with Gasteiger partial charge in [-0.1, -0.05) is 159 Å². The number of esters is 1. The largest absolute Gasteiger partial charge is 0.494 e. The summed E-state index contributed by atoms with van der Waals surface area (Å²) < 4.78 is 17.7. The summed E-state index contributed by atoms with van der Waals surface area (Å²) in [6.07, 6.45) is 25.2. The van der Waals surface area contributed by atoms with Crippen LogP contribution in [0.3, 0.4) is 0 Å². The molecule has 1 atom stereocenters. The van der Waals surface area contributed by atoms with Gasteiger partial charge in [-0.2, -0.15) is 0 Å². The Balaban J connectivity index is 1.29. The van der Waals surface area contributed by atoms with Gasteiger partial charge in [-0.25, -0.2) is 4.79 Å². The highest BCUT2D eigenvalue weighted by molar-refractivity contribution is 5.91. The van der Waals surface area contributed by atoms with Crippen molar-refractivity contribution < 1.29 is 19.0 Å². The molecule has 48 heavy (non-hydrogen) atoms. The summed E-state index contributed by atoms with van der Waals surface area (Å²) >= 11 is 0. The van der Waals surface area contributed by atoms with Crippen LogP contribution in [0.4, 0.5) is 0 Å². The molecule has 0 spiro atoms. The molecule has 0 radical (unpaired) electrons. The molecule has 3 aromatic rings. The van der Waals surface area contributed by atoms with E-state index in [1.165, 1.54) is 109 Å². The van der Waals surface area contributed by atoms with Crippen molar-refractivity contribution in [1.82, 2.24) is 0 Å². The fourth-order valence-corrected chi connectivity index (χ4v) is 6.06. The second kappa shape index (κ2) is 24.9. The maximum absolute atomic E-state index is 12.8. The highest BCUT2D eigenvalue weighted by Gasteiger charge is 2.11. The summed E-state index contributed by atoms with van der Waals surface area (Å²) in [5, 5.41) is 0. The molecule has 1 unspecified atom stereocenters. The van der Waals surface area contributed by atoms with Gasteiger partial charge < -0.3 is 14.2 Å². The van der Waals surface area contributed by atoms with Crippen molar-refractivity contribution in [2.45, 2.75) is 149 Å². The van der Waals surface area contributed by atoms with Gasteiger partial charge in [-0.05, 0) is 72.9 Å². The molecule has 0 aliphatic rings. The van der Waals surface area contributed by atoms with Crippen LogP contribution in [-0.2, 0) is 4.74 Å². The maximum atomic E-state index is 12.8. The third-order valence-electron chi connectivity index (χ3n) is 9.25. The molecule has 0 saturated heterocycles. The van der Waals surface area contributed by atoms with Crippen LogP contribution in [0.5, 0.6) is 11.5 Å². The Labute approximate surface area is 293 Å². The fraction of sp³-hybridized carbons (Fsp3) is 0.568. The van der Waals surface area contributed by atoms with Gasteiger partial charge in [0.25, 0.3) is 0 Å². The SMILES string of the molecule is CCCCCCCCCCCCCCCOc1ccc(-c2ccc(C(=O)Oc3ccc(C(C)OCCCCCCCC)cc3)cc2)cc1. The lowest BCUT2D eigenvalue weighted by molar-refractivity contribution is 0.0627. The number of benzene rings is 3. The molecular formula is C44H64O4. The molecule has 0 bridgehead atoms. The highest BCUT2D eigenvalue weighted by atomic mass is 16.5. The average molecular weight is 657 g/mol. The number of ether oxygens (including phenoxy) is 3. The summed E-state index contributed by atoms with van der Waals surface area (Å²) in [6.45, 7) is 8.14. The normalized spacial score (nSPS) is 11.8. The number of carbonyl (C=O) groups is 1. The molecule has 4 heteroatoms. The molecule has 0 N–H and O–H groups in total. The molecule has 0 fully saturated rings. The molecular weight excluding hydrogens is 592 g/mol. The Morgan fingerprint density at radius 3 is 1.42 bits per heavy atom. The quantitative estimate of drug-likeness (QED) is 0.0465. The van der Waals surface area contributed by atoms with E-state index in [1.54, 1.807) is 0 Å². The monoisotopic (exact) mass is 656 g/mol. The molecule has 0 aliphatic heterocycles. The number of carbonyl (C=O) groups excluding carboxylic acids is 1. The van der Waals surface area contributed by atoms with Crippen LogP contribution >= 0.6 is 0 Å². The first-order valence-corrected chi connectivity index (χ1v) is 19.4. The van der Waals surface area contributed by atoms with Gasteiger partial charge >= 0.3 is 5.97 Å². The molecule has 264 valence electrons. The molecule has 0 heterocycles. The van der Waals surface area contributed by atoms with Crippen molar-refractivity contribution in [2.75, 3.05) is 13.2 Å². The standard InChI is InChI=1S/C44H64O4/c1-4-6-8-10-12-13-14-15-16-17-18-20-22-36-47-42-31-29-40(30-32-42)39-23-25-41(26-24-39)44(45)48-43-33-27-38(28-34-43)37(3)46-35-21-19-11-9-7-5-2/h23-34,37H,4-22,35-36H2,1-3H3. The van der Waals surface area contributed by atoms with E-state index in [-0.39, 0.29) is 12.1 Å². The minimum atomic E-state index is -0.362. The van der Waals surface area contributed by atoms with Gasteiger partial charge in [0, 0.05) is 6.61 Å². The van der Waals surface area contributed by atoms with E-state index in [0.29, 0.717) is 11.3 Å². The first-order chi connectivity index (χ1) is 23.6. The maximum Gasteiger partial charge on any atom is 0.343 e. The van der Waals surface area contributed by atoms with Crippen LogP contribution in [-0.4, -0.2) is 19.2 Å². The minimum Gasteiger partial charge on any atom is -0.494 e. The van der Waals surface area contributed by atoms with E-state index >= 15 is 0 Å². The summed E-state index contributed by atoms with van der Waals surface area (Å²) in [4.78, 5) is 12.8. The summed E-state index contributed by atoms with van der Waals surface area (Å²) in [5.41, 5.74) is 3.75. The zero-order chi connectivity index (χ0) is 34.1. The van der Waals surface area contributed by atoms with Crippen molar-refractivity contribution in [3.63, 3.8) is 0 Å². The van der Waals surface area contributed by atoms with E-state index in [0.717, 1.165) is 48.5 Å². The van der Waals surface area contributed by atoms with Crippen molar-refractivity contribution in [3.05, 3.63) is 83.9 Å². The molecule has 0 aromatic heterocycles. The third-order valence-corrected chi connectivity index (χ3v) is 9.25. The van der Waals surface area contributed by atoms with Crippen LogP contribution < -0.4 is 9.47 Å². The lowest BCUT2D eigenvalue weighted by Crippen LogP contribution is -2.08. The van der Waals surface area contributed by atoms with Crippen LogP contribution in [0.2, 0.25) is 0 Å². The van der Waals surface area contributed by atoms with E-state index in [4.69, 9.17) is 14.2 Å². The average Bonchev–Trinajstić information content (AvgIpc) is 3.12. The zero-order valence-corrected chi connectivity index (χ0v) is 30.5. The molecule has 3 aromatic carbocycles. The predicted molar refractivity (Wildman–Crippen MR) is 202 cm³/mol. The second-order valence-electron chi connectivity index (χ2n) is 13.4. The van der Waals surface area contributed by atoms with Crippen LogP contribution in [0.1, 0.15) is 165 Å². The Morgan fingerprint density at radius 1 is 0.500 bits per heavy atom. The van der Waals surface area contributed by atoms with Gasteiger partial charge in [-0.3, -0.25) is 0 Å². The lowest BCUT2D eigenvalue weighted by atomic mass is 10.0. The van der Waals surface area contributed by atoms with Crippen LogP contribution in [0.15, 0.2) is 72.8 Å². The topological polar surface area (TPSA) is 44.8 Å². The molecule has 0 saturated carbocycles. The number of rotatable bonds is 27. The van der Waals surface area contributed by atoms with Gasteiger partial charge in [0.05, 0.1) is 18.3 Å². The second-order valence-corrected chi connectivity index (χ2v) is 13.4. The smallest absolute Gasteiger partial charge is 0.343 e. The molecule has 0 aliphatic carbocycles. The fourth-order valence-electron chi connectivity index (χ4n) is 6.06. The first-order valence-electron chi connectivity index (χ1n) is 19.4. The number of hydrogen-bond donors (Lipinski definition) is 0. The summed E-state index contributed by atoms with van der Waals surface area (Å²) in [6, 6.07) is 23.4. The Morgan fingerprint density at radius 2 is 0.917 bits per heavy atom. The van der Waals surface area contributed by atoms with Crippen molar-refractivity contribution >= 4 is 5.97 Å². The lowest BCUT2D eigenvalue weighted by Gasteiger charge is -2.14. The molecule has 3 rings (SSSR count). The van der Waals surface area contributed by atoms with Gasteiger partial charge in [0.2, 0.25) is 0 Å². The van der Waals surface area contributed by atoms with E-state index < -0.39 is 0 Å². The van der Waals surface area contributed by atoms with E-state index in [1.807, 2.05) is 60.7 Å². The minimum absolute atomic E-state index is 0.0163. The summed E-state index contributed by atoms with van der Waals surface area (Å²) in [5.74, 6) is 1.08. The third kappa shape index (κ3) is 16.3. The van der Waals surface area contributed by atoms with Crippen molar-refractivity contribution in [3.8, 4) is 22.6 Å². The number of hydrogen-bond acceptors (Lipinski definition) is 4. The van der Waals surface area contributed by atoms with E-state index in [9.17, 15) is 4.79 Å². The Hall–Kier alpha value is -3.11. The summed E-state index contributed by atoms with van der Waals surface area (Å²) in [7, 11) is 0. The first kappa shape index (κ1) is 39.3. The van der Waals surface area contributed by atoms with E-state index in [2.05, 4.69) is 32.9 Å². The van der Waals surface area contributed by atoms with Gasteiger partial charge in [0.1, 0.15) is 11.5 Å². The van der Waals surface area contributed by atoms with Crippen LogP contribution in [0.25, 0.3) is 11.1 Å². The van der Waals surface area contributed by atoms with Crippen molar-refractivity contribution in [2.24, 2.45) is 0 Å². The van der Waals surface area contributed by atoms with Crippen molar-refractivity contribution in [1.29, 1.82) is 0 Å².